The van der Waals surface area contributed by atoms with Crippen LogP contribution in [0.3, 0.4) is 0 Å². The molecule has 0 amide bonds. The van der Waals surface area contributed by atoms with Gasteiger partial charge >= 0.3 is 12.1 Å². The summed E-state index contributed by atoms with van der Waals surface area (Å²) in [6.07, 6.45) is -9.32. The van der Waals surface area contributed by atoms with Gasteiger partial charge in [0, 0.05) is 5.41 Å². The van der Waals surface area contributed by atoms with Gasteiger partial charge in [0.2, 0.25) is 11.3 Å². The quantitative estimate of drug-likeness (QED) is 0.508. The maximum Gasteiger partial charge on any atom is 0.423 e. The smallest absolute Gasteiger partial charge is 0.376 e. The number of halogens is 8. The maximum absolute atomic E-state index is 15.6. The molecule has 9 heteroatoms. The molecule has 1 fully saturated rings. The lowest BCUT2D eigenvalue weighted by molar-refractivity contribution is -0.412. The Hall–Kier alpha value is -0.600. The van der Waals surface area contributed by atoms with Crippen LogP contribution in [0.2, 0.25) is 0 Å². The Morgan fingerprint density at radius 1 is 0.852 bits per heavy atom. The van der Waals surface area contributed by atoms with E-state index in [1.165, 1.54) is 27.7 Å². The van der Waals surface area contributed by atoms with E-state index in [0.717, 1.165) is 13.8 Å². The standard InChI is InChI=1S/C18H28F8O/c1-7-12(3,4)11-9-14(19,16(20,21)13(5,6)8-2)17(22,23)15(27,10-11)18(24,25)26/h11,27H,7-10H2,1-6H3. The summed E-state index contributed by atoms with van der Waals surface area (Å²) >= 11 is 0. The molecule has 162 valence electrons. The van der Waals surface area contributed by atoms with E-state index in [1.54, 1.807) is 0 Å². The van der Waals surface area contributed by atoms with Gasteiger partial charge < -0.3 is 5.11 Å². The predicted molar refractivity (Wildman–Crippen MR) is 85.6 cm³/mol. The highest BCUT2D eigenvalue weighted by Gasteiger charge is 2.86. The molecule has 0 heterocycles. The fraction of sp³-hybridized carbons (Fsp3) is 1.00. The van der Waals surface area contributed by atoms with Crippen LogP contribution in [0.4, 0.5) is 35.1 Å². The highest BCUT2D eigenvalue weighted by molar-refractivity contribution is 5.22. The fourth-order valence-electron chi connectivity index (χ4n) is 3.57. The van der Waals surface area contributed by atoms with E-state index in [0.29, 0.717) is 0 Å². The second kappa shape index (κ2) is 6.46. The Morgan fingerprint density at radius 3 is 1.63 bits per heavy atom. The lowest BCUT2D eigenvalue weighted by atomic mass is 9.56. The van der Waals surface area contributed by atoms with Gasteiger partial charge in [-0.1, -0.05) is 48.0 Å². The maximum atomic E-state index is 15.6. The summed E-state index contributed by atoms with van der Waals surface area (Å²) < 4.78 is 116. The normalized spacial score (nSPS) is 33.2. The van der Waals surface area contributed by atoms with Crippen molar-refractivity contribution >= 4 is 0 Å². The van der Waals surface area contributed by atoms with E-state index >= 15 is 13.2 Å². The van der Waals surface area contributed by atoms with Gasteiger partial charge in [0.25, 0.3) is 5.92 Å². The molecule has 1 aliphatic carbocycles. The molecule has 3 unspecified atom stereocenters. The van der Waals surface area contributed by atoms with E-state index in [-0.39, 0.29) is 6.42 Å². The second-order valence-electron chi connectivity index (χ2n) is 8.99. The molecule has 1 aliphatic rings. The van der Waals surface area contributed by atoms with Crippen molar-refractivity contribution in [1.29, 1.82) is 0 Å². The summed E-state index contributed by atoms with van der Waals surface area (Å²) in [4.78, 5) is 0. The van der Waals surface area contributed by atoms with E-state index in [9.17, 15) is 27.1 Å². The number of aliphatic hydroxyl groups is 1. The topological polar surface area (TPSA) is 20.2 Å². The third kappa shape index (κ3) is 3.15. The van der Waals surface area contributed by atoms with Crippen LogP contribution in [0.25, 0.3) is 0 Å². The highest BCUT2D eigenvalue weighted by atomic mass is 19.4. The number of rotatable bonds is 5. The Bertz CT molecular complexity index is 554. The molecule has 3 atom stereocenters. The monoisotopic (exact) mass is 412 g/mol. The van der Waals surface area contributed by atoms with Crippen LogP contribution in [0.1, 0.15) is 67.2 Å². The molecule has 1 nitrogen and oxygen atoms in total. The summed E-state index contributed by atoms with van der Waals surface area (Å²) in [7, 11) is 0. The van der Waals surface area contributed by atoms with Crippen LogP contribution >= 0.6 is 0 Å². The van der Waals surface area contributed by atoms with Gasteiger partial charge in [-0.3, -0.25) is 0 Å². The zero-order chi connectivity index (χ0) is 21.9. The van der Waals surface area contributed by atoms with E-state index in [2.05, 4.69) is 0 Å². The predicted octanol–water partition coefficient (Wildman–Crippen LogP) is 6.54. The van der Waals surface area contributed by atoms with Crippen molar-refractivity contribution in [3.63, 3.8) is 0 Å². The molecule has 0 aromatic carbocycles. The molecule has 0 aromatic heterocycles. The summed E-state index contributed by atoms with van der Waals surface area (Å²) in [5, 5.41) is 9.95. The Balaban J connectivity index is 3.80. The van der Waals surface area contributed by atoms with E-state index < -0.39 is 65.3 Å². The molecule has 1 rings (SSSR count). The van der Waals surface area contributed by atoms with Crippen LogP contribution in [-0.2, 0) is 0 Å². The zero-order valence-electron chi connectivity index (χ0n) is 16.4. The molecule has 1 saturated carbocycles. The Kier molecular flexibility index (Phi) is 5.84. The molecular weight excluding hydrogens is 384 g/mol. The first-order valence-corrected chi connectivity index (χ1v) is 8.92. The summed E-state index contributed by atoms with van der Waals surface area (Å²) in [5.74, 6) is -12.1. The summed E-state index contributed by atoms with van der Waals surface area (Å²) in [6.45, 7) is 7.18. The lowest BCUT2D eigenvalue weighted by Gasteiger charge is -2.57. The Labute approximate surface area is 154 Å². The highest BCUT2D eigenvalue weighted by Crippen LogP contribution is 2.66. The van der Waals surface area contributed by atoms with Crippen molar-refractivity contribution in [3.05, 3.63) is 0 Å². The van der Waals surface area contributed by atoms with Crippen LogP contribution < -0.4 is 0 Å². The largest absolute Gasteiger partial charge is 0.423 e. The number of hydrogen-bond acceptors (Lipinski definition) is 1. The molecule has 0 spiro atoms. The van der Waals surface area contributed by atoms with Gasteiger partial charge in [0.15, 0.2) is 0 Å². The Morgan fingerprint density at radius 2 is 1.30 bits per heavy atom. The fourth-order valence-corrected chi connectivity index (χ4v) is 3.57. The minimum absolute atomic E-state index is 0.135. The molecule has 0 aliphatic heterocycles. The molecule has 0 bridgehead atoms. The molecule has 0 saturated heterocycles. The van der Waals surface area contributed by atoms with Crippen molar-refractivity contribution in [2.75, 3.05) is 0 Å². The molecule has 0 radical (unpaired) electrons. The van der Waals surface area contributed by atoms with Crippen LogP contribution in [0.5, 0.6) is 0 Å². The van der Waals surface area contributed by atoms with Crippen molar-refractivity contribution in [3.8, 4) is 0 Å². The van der Waals surface area contributed by atoms with Crippen LogP contribution in [-0.4, -0.2) is 34.4 Å². The SMILES string of the molecule is CCC(C)(C)C1CC(O)(C(F)(F)F)C(F)(F)C(F)(C(F)(F)C(C)(C)CC)C1. The van der Waals surface area contributed by atoms with Crippen molar-refractivity contribution in [2.24, 2.45) is 16.7 Å². The number of hydrogen-bond donors (Lipinski definition) is 1. The minimum Gasteiger partial charge on any atom is -0.376 e. The van der Waals surface area contributed by atoms with Gasteiger partial charge in [-0.25, -0.2) is 13.2 Å². The molecule has 0 aromatic rings. The van der Waals surface area contributed by atoms with E-state index in [4.69, 9.17) is 0 Å². The second-order valence-corrected chi connectivity index (χ2v) is 8.99. The molecule has 27 heavy (non-hydrogen) atoms. The van der Waals surface area contributed by atoms with Gasteiger partial charge in [-0.15, -0.1) is 0 Å². The first-order chi connectivity index (χ1) is 11.7. The van der Waals surface area contributed by atoms with Crippen molar-refractivity contribution in [2.45, 2.75) is 96.5 Å². The minimum atomic E-state index is -5.98. The first kappa shape index (κ1) is 24.4. The van der Waals surface area contributed by atoms with Crippen LogP contribution in [0.15, 0.2) is 0 Å². The van der Waals surface area contributed by atoms with Gasteiger partial charge in [-0.05, 0) is 30.6 Å². The van der Waals surface area contributed by atoms with Crippen LogP contribution in [0, 0.1) is 16.7 Å². The number of alkyl halides is 8. The lowest BCUT2D eigenvalue weighted by Crippen LogP contribution is -2.77. The van der Waals surface area contributed by atoms with Gasteiger partial charge in [0.1, 0.15) is 0 Å². The summed E-state index contributed by atoms with van der Waals surface area (Å²) in [6, 6.07) is 0. The molecule has 1 N–H and O–H groups in total. The first-order valence-electron chi connectivity index (χ1n) is 8.92. The van der Waals surface area contributed by atoms with Gasteiger partial charge in [0.05, 0.1) is 0 Å². The third-order valence-corrected chi connectivity index (χ3v) is 6.80. The van der Waals surface area contributed by atoms with Crippen molar-refractivity contribution < 1.29 is 40.2 Å². The van der Waals surface area contributed by atoms with Crippen molar-refractivity contribution in [1.82, 2.24) is 0 Å². The molecular formula is C18H28F8O. The average molecular weight is 412 g/mol. The zero-order valence-corrected chi connectivity index (χ0v) is 16.4. The summed E-state index contributed by atoms with van der Waals surface area (Å²) in [5.41, 5.74) is -13.3. The third-order valence-electron chi connectivity index (χ3n) is 6.80. The van der Waals surface area contributed by atoms with Gasteiger partial charge in [-0.2, -0.15) is 22.0 Å². The average Bonchev–Trinajstić information content (AvgIpc) is 2.50. The van der Waals surface area contributed by atoms with E-state index in [1.807, 2.05) is 0 Å².